The predicted octanol–water partition coefficient (Wildman–Crippen LogP) is 18.1. The molecule has 0 N–H and O–H groups in total. The Morgan fingerprint density at radius 3 is 1.85 bits per heavy atom. The van der Waals surface area contributed by atoms with Gasteiger partial charge in [-0.1, -0.05) is 164 Å². The maximum atomic E-state index is 6.60. The molecule has 0 spiro atoms. The van der Waals surface area contributed by atoms with Gasteiger partial charge in [0.1, 0.15) is 22.3 Å². The average Bonchev–Trinajstić information content (AvgIpc) is 3.94. The van der Waals surface area contributed by atoms with Gasteiger partial charge in [-0.25, -0.2) is 0 Å². The Balaban J connectivity index is 1.02. The van der Waals surface area contributed by atoms with Crippen molar-refractivity contribution in [2.24, 2.45) is 0 Å². The van der Waals surface area contributed by atoms with Crippen molar-refractivity contribution in [2.75, 3.05) is 4.90 Å². The topological polar surface area (TPSA) is 29.5 Å². The van der Waals surface area contributed by atoms with Crippen LogP contribution in [-0.2, 0) is 0 Å². The van der Waals surface area contributed by atoms with Gasteiger partial charge in [0.25, 0.3) is 0 Å². The molecule has 0 aliphatic carbocycles. The first kappa shape index (κ1) is 38.3. The highest BCUT2D eigenvalue weighted by molar-refractivity contribution is 6.14. The first-order valence-corrected chi connectivity index (χ1v) is 22.3. The molecular weight excluding hydrogens is 791 g/mol. The Morgan fingerprint density at radius 1 is 0.400 bits per heavy atom. The third kappa shape index (κ3) is 6.68. The molecule has 0 bridgehead atoms. The normalized spacial score (nSPS) is 11.8. The number of para-hydroxylation sites is 1. The predicted molar refractivity (Wildman–Crippen MR) is 274 cm³/mol. The summed E-state index contributed by atoms with van der Waals surface area (Å²) < 4.78 is 12.8. The van der Waals surface area contributed by atoms with E-state index in [1.165, 1.54) is 21.9 Å². The van der Waals surface area contributed by atoms with Crippen molar-refractivity contribution in [1.82, 2.24) is 0 Å². The SMILES string of the molecule is C/C=C\c1c(C)ccc2c1oc1cccc(-c3ccc(N(c4ccc(-c5ccc6oc7ccccc7c6c5)cc4)c4cc(-c5ccc6ccccc6c5)ccc4-c4ccccc4)cc3)c12. The van der Waals surface area contributed by atoms with E-state index in [1.807, 2.05) is 12.1 Å². The summed E-state index contributed by atoms with van der Waals surface area (Å²) in [6.45, 7) is 4.19. The Morgan fingerprint density at radius 2 is 1.03 bits per heavy atom. The van der Waals surface area contributed by atoms with Crippen molar-refractivity contribution in [1.29, 1.82) is 0 Å². The van der Waals surface area contributed by atoms with Crippen LogP contribution in [0.5, 0.6) is 0 Å². The number of aryl methyl sites for hydroxylation is 1. The molecule has 3 nitrogen and oxygen atoms in total. The lowest BCUT2D eigenvalue weighted by molar-refractivity contribution is 0.667. The van der Waals surface area contributed by atoms with Crippen LogP contribution in [0, 0.1) is 6.92 Å². The van der Waals surface area contributed by atoms with Crippen molar-refractivity contribution in [3.63, 3.8) is 0 Å². The van der Waals surface area contributed by atoms with E-state index < -0.39 is 0 Å². The van der Waals surface area contributed by atoms with Gasteiger partial charge in [0.2, 0.25) is 0 Å². The smallest absolute Gasteiger partial charge is 0.142 e. The Kier molecular flexibility index (Phi) is 9.28. The number of hydrogen-bond donors (Lipinski definition) is 0. The summed E-state index contributed by atoms with van der Waals surface area (Å²) in [6, 6.07) is 76.5. The minimum absolute atomic E-state index is 0.887. The van der Waals surface area contributed by atoms with Crippen molar-refractivity contribution in [2.45, 2.75) is 13.8 Å². The van der Waals surface area contributed by atoms with Gasteiger partial charge in [-0.2, -0.15) is 0 Å². The number of anilines is 3. The minimum atomic E-state index is 0.887. The third-order valence-electron chi connectivity index (χ3n) is 12.9. The lowest BCUT2D eigenvalue weighted by atomic mass is 9.95. The average molecular weight is 834 g/mol. The van der Waals surface area contributed by atoms with Crippen molar-refractivity contribution in [3.8, 4) is 44.5 Å². The number of hydrogen-bond acceptors (Lipinski definition) is 3. The van der Waals surface area contributed by atoms with Crippen LogP contribution in [0.15, 0.2) is 227 Å². The second-order valence-electron chi connectivity index (χ2n) is 16.9. The summed E-state index contributed by atoms with van der Waals surface area (Å²) in [4.78, 5) is 2.41. The molecule has 2 heterocycles. The van der Waals surface area contributed by atoms with Crippen LogP contribution < -0.4 is 4.90 Å². The Labute approximate surface area is 377 Å². The van der Waals surface area contributed by atoms with Gasteiger partial charge < -0.3 is 13.7 Å². The van der Waals surface area contributed by atoms with Gasteiger partial charge in [-0.05, 0) is 130 Å². The summed E-state index contributed by atoms with van der Waals surface area (Å²) in [5, 5.41) is 6.95. The molecule has 0 aliphatic rings. The van der Waals surface area contributed by atoms with Crippen molar-refractivity contribution >= 4 is 77.8 Å². The van der Waals surface area contributed by atoms with E-state index in [0.29, 0.717) is 0 Å². The Hall–Kier alpha value is -8.40. The second kappa shape index (κ2) is 15.7. The summed E-state index contributed by atoms with van der Waals surface area (Å²) >= 11 is 0. The standard InChI is InChI=1S/C62H43NO2/c1-3-12-51-40(2)21-34-55-61-53(18-11-20-60(61)65-62(51)55)44-26-32-50(33-27-44)63(49-30-24-42(25-31-49)47-29-36-59-56(38-47)54-17-9-10-19-58(54)64-59)57-39-48(28-35-52(57)43-14-5-4-6-15-43)46-23-22-41-13-7-8-16-45(41)37-46/h3-39H,1-2H3/b12-3-. The van der Waals surface area contributed by atoms with Crippen molar-refractivity contribution in [3.05, 3.63) is 230 Å². The molecule has 0 saturated carbocycles. The molecule has 0 amide bonds. The molecule has 0 fully saturated rings. The highest BCUT2D eigenvalue weighted by Crippen LogP contribution is 2.45. The summed E-state index contributed by atoms with van der Waals surface area (Å²) in [5.74, 6) is 0. The first-order chi connectivity index (χ1) is 32.1. The molecule has 65 heavy (non-hydrogen) atoms. The zero-order chi connectivity index (χ0) is 43.4. The van der Waals surface area contributed by atoms with Gasteiger partial charge in [-0.15, -0.1) is 0 Å². The molecule has 2 aromatic heterocycles. The first-order valence-electron chi connectivity index (χ1n) is 22.3. The van der Waals surface area contributed by atoms with Crippen LogP contribution in [0.25, 0.3) is 105 Å². The molecule has 308 valence electrons. The highest BCUT2D eigenvalue weighted by Gasteiger charge is 2.21. The fraction of sp³-hybridized carbons (Fsp3) is 0.0323. The number of allylic oxidation sites excluding steroid dienone is 1. The molecule has 0 aliphatic heterocycles. The van der Waals surface area contributed by atoms with Crippen LogP contribution in [-0.4, -0.2) is 0 Å². The minimum Gasteiger partial charge on any atom is -0.456 e. The summed E-state index contributed by atoms with van der Waals surface area (Å²) in [5.41, 5.74) is 18.3. The lowest BCUT2D eigenvalue weighted by Gasteiger charge is -2.29. The molecular formula is C62H43NO2. The van der Waals surface area contributed by atoms with Gasteiger partial charge in [0.15, 0.2) is 0 Å². The van der Waals surface area contributed by atoms with Gasteiger partial charge >= 0.3 is 0 Å². The Bertz CT molecular complexity index is 3780. The van der Waals surface area contributed by atoms with Crippen LogP contribution in [0.1, 0.15) is 18.1 Å². The van der Waals surface area contributed by atoms with E-state index in [1.54, 1.807) is 0 Å². The molecule has 0 unspecified atom stereocenters. The van der Waals surface area contributed by atoms with E-state index in [9.17, 15) is 0 Å². The fourth-order valence-electron chi connectivity index (χ4n) is 9.68. The van der Waals surface area contributed by atoms with E-state index in [2.05, 4.69) is 231 Å². The van der Waals surface area contributed by atoms with Gasteiger partial charge in [0.05, 0.1) is 5.69 Å². The molecule has 0 atom stereocenters. The third-order valence-corrected chi connectivity index (χ3v) is 12.9. The molecule has 0 radical (unpaired) electrons. The van der Waals surface area contributed by atoms with Gasteiger partial charge in [0, 0.05) is 44.0 Å². The van der Waals surface area contributed by atoms with Crippen LogP contribution in [0.4, 0.5) is 17.1 Å². The quantitative estimate of drug-likeness (QED) is 0.153. The van der Waals surface area contributed by atoms with Crippen LogP contribution >= 0.6 is 0 Å². The molecule has 0 saturated heterocycles. The zero-order valence-electron chi connectivity index (χ0n) is 36.1. The van der Waals surface area contributed by atoms with Crippen LogP contribution in [0.2, 0.25) is 0 Å². The molecule has 10 aromatic carbocycles. The maximum Gasteiger partial charge on any atom is 0.142 e. The van der Waals surface area contributed by atoms with E-state index in [0.717, 1.165) is 105 Å². The van der Waals surface area contributed by atoms with Crippen molar-refractivity contribution < 1.29 is 8.83 Å². The number of fused-ring (bicyclic) bond motifs is 7. The lowest BCUT2D eigenvalue weighted by Crippen LogP contribution is -2.11. The van der Waals surface area contributed by atoms with E-state index in [4.69, 9.17) is 8.83 Å². The number of nitrogens with zero attached hydrogens (tertiary/aromatic N) is 1. The van der Waals surface area contributed by atoms with E-state index >= 15 is 0 Å². The summed E-state index contributed by atoms with van der Waals surface area (Å²) in [6.07, 6.45) is 4.23. The molecule has 12 aromatic rings. The number of benzene rings is 10. The highest BCUT2D eigenvalue weighted by atomic mass is 16.3. The fourth-order valence-corrected chi connectivity index (χ4v) is 9.68. The zero-order valence-corrected chi connectivity index (χ0v) is 36.1. The summed E-state index contributed by atoms with van der Waals surface area (Å²) in [7, 11) is 0. The van der Waals surface area contributed by atoms with Gasteiger partial charge in [-0.3, -0.25) is 0 Å². The van der Waals surface area contributed by atoms with E-state index in [-0.39, 0.29) is 0 Å². The monoisotopic (exact) mass is 833 g/mol. The largest absolute Gasteiger partial charge is 0.456 e. The second-order valence-corrected chi connectivity index (χ2v) is 16.9. The maximum absolute atomic E-state index is 6.60. The molecule has 3 heteroatoms. The van der Waals surface area contributed by atoms with Crippen LogP contribution in [0.3, 0.4) is 0 Å². The molecule has 12 rings (SSSR count). The number of rotatable bonds is 8. The number of furan rings is 2.